The molecule has 4 rings (SSSR count). The van der Waals surface area contributed by atoms with Gasteiger partial charge in [0.05, 0.1) is 11.1 Å². The van der Waals surface area contributed by atoms with Crippen molar-refractivity contribution in [3.63, 3.8) is 0 Å². The fraction of sp³-hybridized carbons (Fsp3) is 0.300. The molecule has 0 saturated heterocycles. The number of nitrogens with one attached hydrogen (secondary N) is 1. The summed E-state index contributed by atoms with van der Waals surface area (Å²) in [7, 11) is 0. The molecule has 5 nitrogen and oxygen atoms in total. The molecular formula is C20H21N5. The fourth-order valence-electron chi connectivity index (χ4n) is 3.47. The molecule has 126 valence electrons. The van der Waals surface area contributed by atoms with E-state index in [1.54, 1.807) is 6.20 Å². The van der Waals surface area contributed by atoms with Crippen molar-refractivity contribution in [2.24, 2.45) is 5.92 Å². The molecule has 1 aliphatic carbocycles. The standard InChI is InChI=1S/C20H21N5/c21-19-16(8-6-13-4-2-1-3-5-13)15(10-11-23-19)14-7-9-18-17(12-14)20(22)25-24-18/h7,9-13H,1-5H2,(H2,21,23)(H3,22,24,25). The summed E-state index contributed by atoms with van der Waals surface area (Å²) >= 11 is 0. The molecule has 1 aliphatic rings. The fourth-order valence-corrected chi connectivity index (χ4v) is 3.47. The maximum Gasteiger partial charge on any atom is 0.153 e. The topological polar surface area (TPSA) is 93.6 Å². The molecule has 0 unspecified atom stereocenters. The Morgan fingerprint density at radius 3 is 2.72 bits per heavy atom. The predicted octanol–water partition coefficient (Wildman–Crippen LogP) is 3.72. The van der Waals surface area contributed by atoms with Crippen molar-refractivity contribution in [3.05, 3.63) is 36.0 Å². The first-order chi connectivity index (χ1) is 12.2. The molecule has 1 fully saturated rings. The van der Waals surface area contributed by atoms with Gasteiger partial charge in [0.1, 0.15) is 5.82 Å². The summed E-state index contributed by atoms with van der Waals surface area (Å²) < 4.78 is 0. The zero-order valence-corrected chi connectivity index (χ0v) is 14.0. The monoisotopic (exact) mass is 331 g/mol. The molecular weight excluding hydrogens is 310 g/mol. The quantitative estimate of drug-likeness (QED) is 0.592. The van der Waals surface area contributed by atoms with E-state index in [4.69, 9.17) is 11.5 Å². The van der Waals surface area contributed by atoms with Crippen LogP contribution in [0.3, 0.4) is 0 Å². The number of hydrogen-bond acceptors (Lipinski definition) is 4. The molecule has 25 heavy (non-hydrogen) atoms. The highest BCUT2D eigenvalue weighted by Crippen LogP contribution is 2.30. The molecule has 3 aromatic rings. The van der Waals surface area contributed by atoms with Crippen molar-refractivity contribution in [1.29, 1.82) is 0 Å². The van der Waals surface area contributed by atoms with Gasteiger partial charge >= 0.3 is 0 Å². The molecule has 5 heteroatoms. The number of fused-ring (bicyclic) bond motifs is 1. The molecule has 1 aromatic carbocycles. The Balaban J connectivity index is 1.77. The second-order valence-corrected chi connectivity index (χ2v) is 6.59. The lowest BCUT2D eigenvalue weighted by atomic mass is 9.89. The lowest BCUT2D eigenvalue weighted by Gasteiger charge is -2.15. The van der Waals surface area contributed by atoms with Gasteiger partial charge in [-0.25, -0.2) is 4.98 Å². The van der Waals surface area contributed by atoms with E-state index in [0.717, 1.165) is 27.6 Å². The van der Waals surface area contributed by atoms with Crippen LogP contribution in [0.15, 0.2) is 30.5 Å². The van der Waals surface area contributed by atoms with E-state index in [1.165, 1.54) is 32.1 Å². The molecule has 2 heterocycles. The zero-order valence-electron chi connectivity index (χ0n) is 14.0. The van der Waals surface area contributed by atoms with Crippen molar-refractivity contribution in [3.8, 4) is 23.0 Å². The predicted molar refractivity (Wildman–Crippen MR) is 102 cm³/mol. The Labute approximate surface area is 146 Å². The number of aromatic amines is 1. The van der Waals surface area contributed by atoms with E-state index >= 15 is 0 Å². The van der Waals surface area contributed by atoms with Crippen LogP contribution in [-0.4, -0.2) is 15.2 Å². The maximum atomic E-state index is 6.14. The van der Waals surface area contributed by atoms with Crippen LogP contribution in [0, 0.1) is 17.8 Å². The summed E-state index contributed by atoms with van der Waals surface area (Å²) in [5.41, 5.74) is 15.8. The van der Waals surface area contributed by atoms with E-state index in [1.807, 2.05) is 24.3 Å². The smallest absolute Gasteiger partial charge is 0.153 e. The van der Waals surface area contributed by atoms with Gasteiger partial charge in [-0.15, -0.1) is 0 Å². The summed E-state index contributed by atoms with van der Waals surface area (Å²) in [4.78, 5) is 4.23. The van der Waals surface area contributed by atoms with Crippen LogP contribution < -0.4 is 11.5 Å². The van der Waals surface area contributed by atoms with Gasteiger partial charge in [0, 0.05) is 23.1 Å². The highest BCUT2D eigenvalue weighted by molar-refractivity contribution is 5.93. The third-order valence-corrected chi connectivity index (χ3v) is 4.89. The number of hydrogen-bond donors (Lipinski definition) is 3. The van der Waals surface area contributed by atoms with Crippen LogP contribution >= 0.6 is 0 Å². The minimum Gasteiger partial charge on any atom is -0.383 e. The van der Waals surface area contributed by atoms with Gasteiger partial charge in [-0.1, -0.05) is 37.2 Å². The summed E-state index contributed by atoms with van der Waals surface area (Å²) in [6, 6.07) is 7.98. The highest BCUT2D eigenvalue weighted by atomic mass is 15.1. The number of anilines is 2. The van der Waals surface area contributed by atoms with Crippen LogP contribution in [0.4, 0.5) is 11.6 Å². The third-order valence-electron chi connectivity index (χ3n) is 4.89. The Hall–Kier alpha value is -3.00. The van der Waals surface area contributed by atoms with Gasteiger partial charge in [-0.05, 0) is 36.6 Å². The molecule has 0 radical (unpaired) electrons. The number of rotatable bonds is 1. The van der Waals surface area contributed by atoms with Gasteiger partial charge in [-0.3, -0.25) is 5.10 Å². The van der Waals surface area contributed by atoms with E-state index in [9.17, 15) is 0 Å². The number of aromatic nitrogens is 3. The maximum absolute atomic E-state index is 6.14. The number of benzene rings is 1. The van der Waals surface area contributed by atoms with Gasteiger partial charge in [-0.2, -0.15) is 5.10 Å². The average molecular weight is 331 g/mol. The molecule has 2 aromatic heterocycles. The van der Waals surface area contributed by atoms with Gasteiger partial charge < -0.3 is 11.5 Å². The largest absolute Gasteiger partial charge is 0.383 e. The summed E-state index contributed by atoms with van der Waals surface area (Å²) in [5, 5.41) is 7.88. The zero-order chi connectivity index (χ0) is 17.2. The number of nitrogens with two attached hydrogens (primary N) is 2. The Morgan fingerprint density at radius 1 is 1.04 bits per heavy atom. The van der Waals surface area contributed by atoms with Crippen molar-refractivity contribution in [2.45, 2.75) is 32.1 Å². The molecule has 0 aliphatic heterocycles. The number of pyridine rings is 1. The van der Waals surface area contributed by atoms with E-state index in [-0.39, 0.29) is 0 Å². The van der Waals surface area contributed by atoms with Crippen LogP contribution in [0.1, 0.15) is 37.7 Å². The molecule has 0 bridgehead atoms. The van der Waals surface area contributed by atoms with Crippen LogP contribution in [0.2, 0.25) is 0 Å². The van der Waals surface area contributed by atoms with Gasteiger partial charge in [0.2, 0.25) is 0 Å². The summed E-state index contributed by atoms with van der Waals surface area (Å²) in [6.45, 7) is 0. The number of H-pyrrole nitrogens is 1. The Morgan fingerprint density at radius 2 is 1.88 bits per heavy atom. The van der Waals surface area contributed by atoms with Gasteiger partial charge in [0.25, 0.3) is 0 Å². The van der Waals surface area contributed by atoms with Crippen molar-refractivity contribution in [2.75, 3.05) is 11.5 Å². The molecule has 0 spiro atoms. The molecule has 5 N–H and O–H groups in total. The molecule has 0 amide bonds. The van der Waals surface area contributed by atoms with E-state index in [2.05, 4.69) is 27.0 Å². The van der Waals surface area contributed by atoms with Crippen LogP contribution in [-0.2, 0) is 0 Å². The minimum absolute atomic E-state index is 0.466. The SMILES string of the molecule is Nc1nccc(-c2ccc3[nH]nc(N)c3c2)c1C#CC1CCCCC1. The second-order valence-electron chi connectivity index (χ2n) is 6.59. The normalized spacial score (nSPS) is 15.0. The van der Waals surface area contributed by atoms with Crippen molar-refractivity contribution >= 4 is 22.5 Å². The number of nitrogen functional groups attached to an aromatic ring is 2. The van der Waals surface area contributed by atoms with Crippen LogP contribution in [0.5, 0.6) is 0 Å². The number of nitrogens with zero attached hydrogens (tertiary/aromatic N) is 2. The lowest BCUT2D eigenvalue weighted by molar-refractivity contribution is 0.430. The average Bonchev–Trinajstić information content (AvgIpc) is 3.02. The van der Waals surface area contributed by atoms with E-state index < -0.39 is 0 Å². The van der Waals surface area contributed by atoms with Crippen LogP contribution in [0.25, 0.3) is 22.0 Å². The third kappa shape index (κ3) is 3.03. The molecule has 0 atom stereocenters. The first-order valence-corrected chi connectivity index (χ1v) is 8.72. The highest BCUT2D eigenvalue weighted by Gasteiger charge is 2.13. The summed E-state index contributed by atoms with van der Waals surface area (Å²) in [6.07, 6.45) is 7.94. The first kappa shape index (κ1) is 15.5. The molecule has 1 saturated carbocycles. The van der Waals surface area contributed by atoms with Gasteiger partial charge in [0.15, 0.2) is 5.82 Å². The Kier molecular flexibility index (Phi) is 4.02. The van der Waals surface area contributed by atoms with E-state index in [0.29, 0.717) is 17.6 Å². The van der Waals surface area contributed by atoms with Crippen molar-refractivity contribution < 1.29 is 0 Å². The summed E-state index contributed by atoms with van der Waals surface area (Å²) in [5.74, 6) is 8.17. The lowest BCUT2D eigenvalue weighted by Crippen LogP contribution is -2.03. The minimum atomic E-state index is 0.466. The van der Waals surface area contributed by atoms with Crippen molar-refractivity contribution in [1.82, 2.24) is 15.2 Å². The Bertz CT molecular complexity index is 971. The first-order valence-electron chi connectivity index (χ1n) is 8.72. The second kappa shape index (κ2) is 6.48.